The van der Waals surface area contributed by atoms with Gasteiger partial charge >= 0.3 is 5.97 Å². The maximum atomic E-state index is 13.4. The number of fused-ring (bicyclic) bond motifs is 1. The first-order valence-corrected chi connectivity index (χ1v) is 7.03. The highest BCUT2D eigenvalue weighted by atomic mass is 32.2. The molecule has 2 aromatic rings. The number of benzene rings is 1. The molecule has 20 heavy (non-hydrogen) atoms. The first-order valence-electron chi connectivity index (χ1n) is 6.04. The molecule has 0 radical (unpaired) electrons. The Balaban J connectivity index is 2.29. The fourth-order valence-corrected chi connectivity index (χ4v) is 2.88. The zero-order chi connectivity index (χ0) is 14.7. The monoisotopic (exact) mass is 294 g/mol. The fraction of sp³-hybridized carbons (Fsp3) is 0.286. The molecule has 2 N–H and O–H groups in total. The molecule has 1 aromatic heterocycles. The summed E-state index contributed by atoms with van der Waals surface area (Å²) in [5.41, 5.74) is 7.26. The zero-order valence-corrected chi connectivity index (χ0v) is 12.0. The van der Waals surface area contributed by atoms with Gasteiger partial charge in [-0.1, -0.05) is 0 Å². The first kappa shape index (κ1) is 14.7. The molecule has 6 heteroatoms. The molecular formula is C14H15FN2O2S. The van der Waals surface area contributed by atoms with Gasteiger partial charge in [0.05, 0.1) is 12.6 Å². The van der Waals surface area contributed by atoms with Crippen LogP contribution in [-0.4, -0.2) is 29.9 Å². The van der Waals surface area contributed by atoms with Crippen LogP contribution in [0.25, 0.3) is 10.9 Å². The van der Waals surface area contributed by atoms with Crippen molar-refractivity contribution in [1.82, 2.24) is 4.98 Å². The average Bonchev–Trinajstić information content (AvgIpc) is 2.44. The largest absolute Gasteiger partial charge is 0.468 e. The normalized spacial score (nSPS) is 12.4. The summed E-state index contributed by atoms with van der Waals surface area (Å²) in [5, 5.41) is 0.720. The predicted octanol–water partition coefficient (Wildman–Crippen LogP) is 2.27. The van der Waals surface area contributed by atoms with Crippen molar-refractivity contribution in [1.29, 1.82) is 0 Å². The number of rotatable bonds is 4. The molecule has 0 saturated carbocycles. The van der Waals surface area contributed by atoms with Crippen molar-refractivity contribution in [3.63, 3.8) is 0 Å². The first-order chi connectivity index (χ1) is 9.51. The van der Waals surface area contributed by atoms with Gasteiger partial charge < -0.3 is 10.5 Å². The molecular weight excluding hydrogens is 279 g/mol. The Kier molecular flexibility index (Phi) is 4.57. The second kappa shape index (κ2) is 6.19. The molecule has 0 fully saturated rings. The molecule has 0 saturated heterocycles. The summed E-state index contributed by atoms with van der Waals surface area (Å²) in [5.74, 6) is -0.414. The third kappa shape index (κ3) is 3.26. The van der Waals surface area contributed by atoms with E-state index in [1.54, 1.807) is 6.07 Å². The van der Waals surface area contributed by atoms with Crippen LogP contribution in [0.3, 0.4) is 0 Å². The van der Waals surface area contributed by atoms with E-state index in [2.05, 4.69) is 9.72 Å². The van der Waals surface area contributed by atoms with E-state index in [0.29, 0.717) is 5.75 Å². The summed E-state index contributed by atoms with van der Waals surface area (Å²) >= 11 is 1.39. The molecule has 1 heterocycles. The second-order valence-electron chi connectivity index (χ2n) is 4.36. The maximum Gasteiger partial charge on any atom is 0.323 e. The molecule has 0 aliphatic carbocycles. The molecule has 1 aromatic carbocycles. The van der Waals surface area contributed by atoms with Gasteiger partial charge in [-0.2, -0.15) is 0 Å². The van der Waals surface area contributed by atoms with Gasteiger partial charge in [-0.3, -0.25) is 9.78 Å². The van der Waals surface area contributed by atoms with Gasteiger partial charge in [-0.15, -0.1) is 11.8 Å². The van der Waals surface area contributed by atoms with E-state index in [1.807, 2.05) is 13.0 Å². The SMILES string of the molecule is COC(=O)[C@H](N)CSc1cc(C)nc2ccc(F)cc12. The average molecular weight is 294 g/mol. The quantitative estimate of drug-likeness (QED) is 0.692. The van der Waals surface area contributed by atoms with Crippen molar-refractivity contribution in [3.8, 4) is 0 Å². The number of carbonyl (C=O) groups is 1. The number of aryl methyl sites for hydroxylation is 1. The predicted molar refractivity (Wildman–Crippen MR) is 77.2 cm³/mol. The molecule has 2 rings (SSSR count). The minimum atomic E-state index is -0.706. The standard InChI is InChI=1S/C14H15FN2O2S/c1-8-5-13(20-7-11(16)14(18)19-2)10-6-9(15)3-4-12(10)17-8/h3-6,11H,7,16H2,1-2H3/t11-/m1/s1. The number of pyridine rings is 1. The van der Waals surface area contributed by atoms with Crippen LogP contribution in [0, 0.1) is 12.7 Å². The number of ether oxygens (including phenoxy) is 1. The molecule has 0 amide bonds. The highest BCUT2D eigenvalue weighted by molar-refractivity contribution is 7.99. The number of nitrogens with zero attached hydrogens (tertiary/aromatic N) is 1. The van der Waals surface area contributed by atoms with E-state index in [9.17, 15) is 9.18 Å². The number of carbonyl (C=O) groups excluding carboxylic acids is 1. The number of nitrogens with two attached hydrogens (primary N) is 1. The van der Waals surface area contributed by atoms with Crippen LogP contribution in [0.2, 0.25) is 0 Å². The number of thioether (sulfide) groups is 1. The van der Waals surface area contributed by atoms with Gasteiger partial charge in [0.25, 0.3) is 0 Å². The van der Waals surface area contributed by atoms with Crippen molar-refractivity contribution in [3.05, 3.63) is 35.8 Å². The van der Waals surface area contributed by atoms with Crippen molar-refractivity contribution in [2.45, 2.75) is 17.9 Å². The van der Waals surface area contributed by atoms with Crippen LogP contribution in [-0.2, 0) is 9.53 Å². The van der Waals surface area contributed by atoms with Crippen molar-refractivity contribution in [2.24, 2.45) is 5.73 Å². The highest BCUT2D eigenvalue weighted by Gasteiger charge is 2.15. The lowest BCUT2D eigenvalue weighted by Crippen LogP contribution is -2.33. The number of hydrogen-bond donors (Lipinski definition) is 1. The second-order valence-corrected chi connectivity index (χ2v) is 5.43. The molecule has 106 valence electrons. The third-order valence-corrected chi connectivity index (χ3v) is 3.96. The van der Waals surface area contributed by atoms with Crippen LogP contribution in [0.1, 0.15) is 5.69 Å². The molecule has 0 unspecified atom stereocenters. The van der Waals surface area contributed by atoms with Crippen molar-refractivity contribution < 1.29 is 13.9 Å². The molecule has 0 aliphatic rings. The zero-order valence-electron chi connectivity index (χ0n) is 11.2. The van der Waals surface area contributed by atoms with Gasteiger partial charge in [-0.25, -0.2) is 4.39 Å². The topological polar surface area (TPSA) is 65.2 Å². The summed E-state index contributed by atoms with van der Waals surface area (Å²) in [6, 6.07) is 5.61. The van der Waals surface area contributed by atoms with Crippen molar-refractivity contribution in [2.75, 3.05) is 12.9 Å². The Morgan fingerprint density at radius 2 is 2.25 bits per heavy atom. The molecule has 4 nitrogen and oxygen atoms in total. The maximum absolute atomic E-state index is 13.4. The Morgan fingerprint density at radius 3 is 2.95 bits per heavy atom. The summed E-state index contributed by atoms with van der Waals surface area (Å²) in [4.78, 5) is 16.5. The minimum Gasteiger partial charge on any atom is -0.468 e. The number of esters is 1. The Bertz CT molecular complexity index is 648. The lowest BCUT2D eigenvalue weighted by atomic mass is 10.2. The fourth-order valence-electron chi connectivity index (χ4n) is 1.81. The van der Waals surface area contributed by atoms with Gasteiger partial charge in [0.15, 0.2) is 0 Å². The summed E-state index contributed by atoms with van der Waals surface area (Å²) < 4.78 is 17.9. The molecule has 0 aliphatic heterocycles. The minimum absolute atomic E-state index is 0.317. The number of halogens is 1. The van der Waals surface area contributed by atoms with E-state index >= 15 is 0 Å². The van der Waals surface area contributed by atoms with Crippen LogP contribution >= 0.6 is 11.8 Å². The lowest BCUT2D eigenvalue weighted by molar-refractivity contribution is -0.141. The van der Waals surface area contributed by atoms with E-state index < -0.39 is 12.0 Å². The van der Waals surface area contributed by atoms with E-state index in [1.165, 1.54) is 31.0 Å². The van der Waals surface area contributed by atoms with Gasteiger partial charge in [-0.05, 0) is 31.2 Å². The van der Waals surface area contributed by atoms with Crippen LogP contribution in [0.15, 0.2) is 29.2 Å². The van der Waals surface area contributed by atoms with Crippen LogP contribution in [0.5, 0.6) is 0 Å². The Labute approximate surface area is 120 Å². The molecule has 0 bridgehead atoms. The molecule has 1 atom stereocenters. The summed E-state index contributed by atoms with van der Waals surface area (Å²) in [7, 11) is 1.30. The Morgan fingerprint density at radius 1 is 1.50 bits per heavy atom. The van der Waals surface area contributed by atoms with Crippen LogP contribution < -0.4 is 5.73 Å². The summed E-state index contributed by atoms with van der Waals surface area (Å²) in [6.07, 6.45) is 0. The van der Waals surface area contributed by atoms with Crippen molar-refractivity contribution >= 4 is 28.6 Å². The number of hydrogen-bond acceptors (Lipinski definition) is 5. The van der Waals surface area contributed by atoms with E-state index in [0.717, 1.165) is 21.5 Å². The lowest BCUT2D eigenvalue weighted by Gasteiger charge is -2.11. The van der Waals surface area contributed by atoms with Gasteiger partial charge in [0, 0.05) is 21.7 Å². The third-order valence-electron chi connectivity index (χ3n) is 2.78. The van der Waals surface area contributed by atoms with Gasteiger partial charge in [0.2, 0.25) is 0 Å². The number of aromatic nitrogens is 1. The highest BCUT2D eigenvalue weighted by Crippen LogP contribution is 2.28. The smallest absolute Gasteiger partial charge is 0.323 e. The molecule has 0 spiro atoms. The van der Waals surface area contributed by atoms with E-state index in [-0.39, 0.29) is 5.82 Å². The van der Waals surface area contributed by atoms with E-state index in [4.69, 9.17) is 5.73 Å². The Hall–Kier alpha value is -1.66. The number of methoxy groups -OCH3 is 1. The van der Waals surface area contributed by atoms with Crippen LogP contribution in [0.4, 0.5) is 4.39 Å². The van der Waals surface area contributed by atoms with Gasteiger partial charge in [0.1, 0.15) is 11.9 Å². The summed E-state index contributed by atoms with van der Waals surface area (Å²) in [6.45, 7) is 1.87.